The molecule has 0 aromatic heterocycles. The third-order valence-electron chi connectivity index (χ3n) is 3.02. The molecule has 1 N–H and O–H groups in total. The minimum absolute atomic E-state index is 0.400. The Labute approximate surface area is 97.2 Å². The van der Waals surface area contributed by atoms with Crippen LogP contribution in [-0.4, -0.2) is 39.2 Å². The monoisotopic (exact) mass is 254 g/mol. The van der Waals surface area contributed by atoms with Crippen molar-refractivity contribution in [1.82, 2.24) is 9.03 Å². The molecule has 1 fully saturated rings. The number of nitrogens with one attached hydrogen (secondary N) is 1. The Morgan fingerprint density at radius 3 is 2.47 bits per heavy atom. The highest BCUT2D eigenvalue weighted by molar-refractivity contribution is 7.87. The number of rotatable bonds is 5. The molecule has 15 heavy (non-hydrogen) atoms. The normalized spacial score (nSPS) is 27.5. The molecular formula is C9H19ClN2O2S. The summed E-state index contributed by atoms with van der Waals surface area (Å²) >= 11 is 5.83. The second-order valence-electron chi connectivity index (χ2n) is 4.24. The Balaban J connectivity index is 2.43. The van der Waals surface area contributed by atoms with Crippen LogP contribution >= 0.6 is 11.6 Å². The van der Waals surface area contributed by atoms with E-state index in [2.05, 4.69) is 4.72 Å². The first-order chi connectivity index (χ1) is 6.97. The van der Waals surface area contributed by atoms with E-state index in [9.17, 15) is 8.42 Å². The van der Waals surface area contributed by atoms with E-state index >= 15 is 0 Å². The number of nitrogens with zero attached hydrogens (tertiary/aromatic N) is 1. The molecule has 4 nitrogen and oxygen atoms in total. The molecule has 1 rings (SSSR count). The Morgan fingerprint density at radius 1 is 1.33 bits per heavy atom. The van der Waals surface area contributed by atoms with Crippen molar-refractivity contribution in [2.75, 3.05) is 26.5 Å². The molecule has 0 saturated heterocycles. The zero-order valence-corrected chi connectivity index (χ0v) is 10.8. The number of alkyl halides is 1. The van der Waals surface area contributed by atoms with Crippen LogP contribution in [0, 0.1) is 11.8 Å². The summed E-state index contributed by atoms with van der Waals surface area (Å²) in [4.78, 5) is 0. The summed E-state index contributed by atoms with van der Waals surface area (Å²) in [5.74, 6) is 1.50. The van der Waals surface area contributed by atoms with Crippen LogP contribution < -0.4 is 4.72 Å². The average Bonchev–Trinajstić information content (AvgIpc) is 2.61. The predicted octanol–water partition coefficient (Wildman–Crippen LogP) is 1.04. The fraction of sp³-hybridized carbons (Fsp3) is 1.00. The van der Waals surface area contributed by atoms with E-state index in [0.29, 0.717) is 24.3 Å². The van der Waals surface area contributed by atoms with E-state index in [-0.39, 0.29) is 0 Å². The summed E-state index contributed by atoms with van der Waals surface area (Å²) in [6.07, 6.45) is 3.36. The van der Waals surface area contributed by atoms with E-state index in [1.165, 1.54) is 18.4 Å². The molecule has 0 heterocycles. The molecular weight excluding hydrogens is 236 g/mol. The van der Waals surface area contributed by atoms with Gasteiger partial charge in [0.1, 0.15) is 0 Å². The molecule has 1 saturated carbocycles. The van der Waals surface area contributed by atoms with Crippen molar-refractivity contribution in [3.63, 3.8) is 0 Å². The van der Waals surface area contributed by atoms with Crippen LogP contribution in [0.4, 0.5) is 0 Å². The molecule has 0 aromatic carbocycles. The maximum absolute atomic E-state index is 11.5. The smallest absolute Gasteiger partial charge is 0.202 e. The van der Waals surface area contributed by atoms with Gasteiger partial charge in [-0.2, -0.15) is 12.7 Å². The molecule has 2 unspecified atom stereocenters. The lowest BCUT2D eigenvalue weighted by Gasteiger charge is -2.19. The lowest BCUT2D eigenvalue weighted by molar-refractivity contribution is 0.411. The van der Waals surface area contributed by atoms with Crippen LogP contribution in [0.1, 0.15) is 19.3 Å². The van der Waals surface area contributed by atoms with Gasteiger partial charge in [0.05, 0.1) is 0 Å². The first kappa shape index (κ1) is 13.2. The molecule has 0 aromatic rings. The minimum atomic E-state index is -3.28. The van der Waals surface area contributed by atoms with Crippen molar-refractivity contribution < 1.29 is 8.42 Å². The number of halogens is 1. The minimum Gasteiger partial charge on any atom is -0.202 e. The van der Waals surface area contributed by atoms with E-state index in [0.717, 1.165) is 19.3 Å². The fourth-order valence-corrected chi connectivity index (χ4v) is 3.02. The Hall–Kier alpha value is 0.160. The first-order valence-corrected chi connectivity index (χ1v) is 7.18. The van der Waals surface area contributed by atoms with Crippen molar-refractivity contribution in [2.45, 2.75) is 19.3 Å². The molecule has 0 spiro atoms. The summed E-state index contributed by atoms with van der Waals surface area (Å²) in [6, 6.07) is 0. The van der Waals surface area contributed by atoms with Crippen LogP contribution in [0.3, 0.4) is 0 Å². The van der Waals surface area contributed by atoms with Crippen molar-refractivity contribution in [1.29, 1.82) is 0 Å². The molecule has 1 aliphatic rings. The van der Waals surface area contributed by atoms with E-state index in [1.54, 1.807) is 0 Å². The van der Waals surface area contributed by atoms with E-state index < -0.39 is 10.2 Å². The summed E-state index contributed by atoms with van der Waals surface area (Å²) in [5, 5.41) is 0. The standard InChI is InChI=1S/C9H19ClN2O2S/c1-12(2)15(13,14)11-7-9-5-3-4-8(9)6-10/h8-9,11H,3-7H2,1-2H3. The molecule has 1 aliphatic carbocycles. The van der Waals surface area contributed by atoms with Gasteiger partial charge < -0.3 is 0 Å². The van der Waals surface area contributed by atoms with Crippen LogP contribution in [0.15, 0.2) is 0 Å². The molecule has 0 amide bonds. The quantitative estimate of drug-likeness (QED) is 0.746. The Kier molecular flexibility index (Phi) is 4.83. The molecule has 6 heteroatoms. The van der Waals surface area contributed by atoms with Crippen LogP contribution in [-0.2, 0) is 10.2 Å². The van der Waals surface area contributed by atoms with Crippen molar-refractivity contribution in [2.24, 2.45) is 11.8 Å². The SMILES string of the molecule is CN(C)S(=O)(=O)NCC1CCCC1CCl. The molecule has 0 aliphatic heterocycles. The highest BCUT2D eigenvalue weighted by Gasteiger charge is 2.27. The van der Waals surface area contributed by atoms with Gasteiger partial charge in [-0.3, -0.25) is 0 Å². The zero-order valence-electron chi connectivity index (χ0n) is 9.24. The number of hydrogen-bond donors (Lipinski definition) is 1. The van der Waals surface area contributed by atoms with Gasteiger partial charge in [0, 0.05) is 26.5 Å². The third kappa shape index (κ3) is 3.59. The van der Waals surface area contributed by atoms with Gasteiger partial charge in [0.25, 0.3) is 10.2 Å². The fourth-order valence-electron chi connectivity index (χ4n) is 1.93. The zero-order chi connectivity index (χ0) is 11.5. The molecule has 90 valence electrons. The van der Waals surface area contributed by atoms with E-state index in [1.807, 2.05) is 0 Å². The van der Waals surface area contributed by atoms with Gasteiger partial charge in [-0.05, 0) is 24.7 Å². The van der Waals surface area contributed by atoms with E-state index in [4.69, 9.17) is 11.6 Å². The maximum atomic E-state index is 11.5. The summed E-state index contributed by atoms with van der Waals surface area (Å²) in [5.41, 5.74) is 0. The predicted molar refractivity (Wildman–Crippen MR) is 62.2 cm³/mol. The molecule has 2 atom stereocenters. The van der Waals surface area contributed by atoms with Gasteiger partial charge >= 0.3 is 0 Å². The summed E-state index contributed by atoms with van der Waals surface area (Å²) < 4.78 is 26.7. The molecule has 0 bridgehead atoms. The van der Waals surface area contributed by atoms with Gasteiger partial charge in [-0.1, -0.05) is 6.42 Å². The average molecular weight is 255 g/mol. The lowest BCUT2D eigenvalue weighted by atomic mass is 9.98. The van der Waals surface area contributed by atoms with Crippen molar-refractivity contribution >= 4 is 21.8 Å². The van der Waals surface area contributed by atoms with Gasteiger partial charge in [-0.15, -0.1) is 11.6 Å². The van der Waals surface area contributed by atoms with Crippen molar-refractivity contribution in [3.8, 4) is 0 Å². The largest absolute Gasteiger partial charge is 0.278 e. The Morgan fingerprint density at radius 2 is 1.93 bits per heavy atom. The maximum Gasteiger partial charge on any atom is 0.278 e. The lowest BCUT2D eigenvalue weighted by Crippen LogP contribution is -2.39. The summed E-state index contributed by atoms with van der Waals surface area (Å²) in [7, 11) is -0.229. The third-order valence-corrected chi connectivity index (χ3v) is 4.91. The highest BCUT2D eigenvalue weighted by Crippen LogP contribution is 2.32. The first-order valence-electron chi connectivity index (χ1n) is 5.20. The van der Waals surface area contributed by atoms with Gasteiger partial charge in [0.15, 0.2) is 0 Å². The van der Waals surface area contributed by atoms with Crippen molar-refractivity contribution in [3.05, 3.63) is 0 Å². The summed E-state index contributed by atoms with van der Waals surface area (Å²) in [6.45, 7) is 0.512. The van der Waals surface area contributed by atoms with Crippen LogP contribution in [0.5, 0.6) is 0 Å². The highest BCUT2D eigenvalue weighted by atomic mass is 35.5. The van der Waals surface area contributed by atoms with Crippen LogP contribution in [0.25, 0.3) is 0 Å². The molecule has 0 radical (unpaired) electrons. The Bertz CT molecular complexity index is 292. The van der Waals surface area contributed by atoms with Gasteiger partial charge in [0.2, 0.25) is 0 Å². The second-order valence-corrected chi connectivity index (χ2v) is 6.52. The topological polar surface area (TPSA) is 49.4 Å². The van der Waals surface area contributed by atoms with Crippen LogP contribution in [0.2, 0.25) is 0 Å². The van der Waals surface area contributed by atoms with Gasteiger partial charge in [-0.25, -0.2) is 4.72 Å². The second kappa shape index (κ2) is 5.48. The number of hydrogen-bond acceptors (Lipinski definition) is 2.